The van der Waals surface area contributed by atoms with Crippen molar-refractivity contribution in [3.63, 3.8) is 0 Å². The van der Waals surface area contributed by atoms with Crippen molar-refractivity contribution in [2.24, 2.45) is 0 Å². The molecule has 0 aromatic carbocycles. The second-order valence-corrected chi connectivity index (χ2v) is 1.98. The number of rotatable bonds is 0. The molecule has 0 aliphatic heterocycles. The van der Waals surface area contributed by atoms with Crippen molar-refractivity contribution >= 4 is 7.32 Å². The van der Waals surface area contributed by atoms with Crippen molar-refractivity contribution in [3.8, 4) is 0 Å². The fraction of sp³-hybridized carbons (Fsp3) is 0. The second kappa shape index (κ2) is 4.68. The van der Waals surface area contributed by atoms with Crippen LogP contribution in [0.15, 0.2) is 0 Å². The molecule has 0 unspecified atom stereocenters. The van der Waals surface area contributed by atoms with E-state index in [1.54, 1.807) is 0 Å². The molecule has 56 valence electrons. The van der Waals surface area contributed by atoms with Crippen molar-refractivity contribution in [3.05, 3.63) is 0 Å². The van der Waals surface area contributed by atoms with Gasteiger partial charge in [-0.1, -0.05) is 0 Å². The van der Waals surface area contributed by atoms with Gasteiger partial charge in [-0.3, -0.25) is 0 Å². The fourth-order valence-corrected chi connectivity index (χ4v) is 0. The van der Waals surface area contributed by atoms with Gasteiger partial charge in [0.25, 0.3) is 0 Å². The summed E-state index contributed by atoms with van der Waals surface area (Å²) in [6.45, 7) is 0. The van der Waals surface area contributed by atoms with Crippen LogP contribution in [0.25, 0.3) is 0 Å². The van der Waals surface area contributed by atoms with Gasteiger partial charge in [0.15, 0.2) is 0 Å². The summed E-state index contributed by atoms with van der Waals surface area (Å²) >= 11 is -5.38. The average Bonchev–Trinajstić information content (AvgIpc) is 1.19. The van der Waals surface area contributed by atoms with Gasteiger partial charge in [0, 0.05) is 0 Å². The van der Waals surface area contributed by atoms with Gasteiger partial charge in [0.1, 0.15) is 0 Å². The molecular weight excluding hydrogens is 178 g/mol. The Labute approximate surface area is 51.9 Å². The summed E-state index contributed by atoms with van der Waals surface area (Å²) in [7, 11) is -2.17. The Morgan fingerprint density at radius 1 is 1.00 bits per heavy atom. The minimum absolute atomic E-state index is 2.17. The van der Waals surface area contributed by atoms with Crippen LogP contribution in [0.5, 0.6) is 0 Å². The summed E-state index contributed by atoms with van der Waals surface area (Å²) in [4.78, 5) is 0. The van der Waals surface area contributed by atoms with Gasteiger partial charge >= 0.3 is 36.0 Å². The summed E-state index contributed by atoms with van der Waals surface area (Å²) in [6.07, 6.45) is 0. The Morgan fingerprint density at radius 2 is 1.00 bits per heavy atom. The molecule has 0 spiro atoms. The normalized spacial score (nSPS) is 9.33. The molecule has 0 atom stereocenters. The van der Waals surface area contributed by atoms with Gasteiger partial charge in [0.2, 0.25) is 0 Å². The molecule has 0 aromatic rings. The number of hydrogen-bond acceptors (Lipinski definition) is 6. The van der Waals surface area contributed by atoms with Crippen LogP contribution in [0.1, 0.15) is 0 Å². The molecule has 4 N–H and O–H groups in total. The maximum atomic E-state index is 8.69. The molecule has 0 aliphatic rings. The predicted octanol–water partition coefficient (Wildman–Crippen LogP) is -2.97. The molecule has 0 radical (unpaired) electrons. The van der Waals surface area contributed by atoms with E-state index in [0.717, 1.165) is 0 Å². The monoisotopic (exact) mass is 182 g/mol. The molecule has 0 rings (SSSR count). The van der Waals surface area contributed by atoms with Gasteiger partial charge in [-0.15, -0.1) is 0 Å². The van der Waals surface area contributed by atoms with Crippen LogP contribution in [-0.2, 0) is 24.5 Å². The predicted molar refractivity (Wildman–Crippen MR) is 16.7 cm³/mol. The van der Waals surface area contributed by atoms with E-state index in [1.807, 2.05) is 0 Å². The summed E-state index contributed by atoms with van der Waals surface area (Å²) in [6, 6.07) is 0. The minimum atomic E-state index is -5.38. The molecule has 9 heavy (non-hydrogen) atoms. The Morgan fingerprint density at radius 3 is 1.00 bits per heavy atom. The van der Waals surface area contributed by atoms with Crippen molar-refractivity contribution in [2.75, 3.05) is 0 Å². The van der Waals surface area contributed by atoms with E-state index in [0.29, 0.717) is 0 Å². The van der Waals surface area contributed by atoms with E-state index in [2.05, 4.69) is 0 Å². The standard InChI is InChI=1S/BH3O3.Mn.H2O.3O/c2-1(3)4;;;;;/h2-4H;;1H2;;;/q;+1;;;;/p-1. The van der Waals surface area contributed by atoms with E-state index >= 15 is 0 Å². The quantitative estimate of drug-likeness (QED) is 0.294. The van der Waals surface area contributed by atoms with Crippen LogP contribution >= 0.6 is 0 Å². The Balaban J connectivity index is 0. The second-order valence-electron chi connectivity index (χ2n) is 0.742. The van der Waals surface area contributed by atoms with Gasteiger partial charge in [-0.05, 0) is 0 Å². The Hall–Kier alpha value is -0.176. The zero-order valence-corrected chi connectivity index (χ0v) is 5.15. The van der Waals surface area contributed by atoms with Crippen molar-refractivity contribution in [2.45, 2.75) is 0 Å². The van der Waals surface area contributed by atoms with Gasteiger partial charge in [0.05, 0.1) is 0 Å². The van der Waals surface area contributed by atoms with Gasteiger partial charge in [-0.2, -0.15) is 0 Å². The average molecular weight is 182 g/mol. The van der Waals surface area contributed by atoms with Crippen molar-refractivity contribution in [1.29, 1.82) is 0 Å². The van der Waals surface area contributed by atoms with Crippen LogP contribution in [0.4, 0.5) is 0 Å². The van der Waals surface area contributed by atoms with Crippen LogP contribution in [-0.4, -0.2) is 26.6 Å². The molecule has 0 aromatic heterocycles. The first-order valence-corrected chi connectivity index (χ1v) is 3.38. The van der Waals surface area contributed by atoms with Gasteiger partial charge < -0.3 is 15.1 Å². The maximum absolute atomic E-state index is 8.69. The molecule has 0 amide bonds. The van der Waals surface area contributed by atoms with Crippen LogP contribution in [0.3, 0.4) is 0 Å². The summed E-state index contributed by atoms with van der Waals surface area (Å²) in [5, 5.41) is 21.5. The van der Waals surface area contributed by atoms with E-state index in [9.17, 15) is 0 Å². The van der Waals surface area contributed by atoms with E-state index in [4.69, 9.17) is 30.8 Å². The fourth-order valence-electron chi connectivity index (χ4n) is 0. The summed E-state index contributed by atoms with van der Waals surface area (Å²) in [5.41, 5.74) is 0. The molecule has 7 nitrogen and oxygen atoms in total. The summed E-state index contributed by atoms with van der Waals surface area (Å²) in [5.74, 6) is 0. The van der Waals surface area contributed by atoms with Crippen molar-refractivity contribution in [1.82, 2.24) is 0 Å². The zero-order chi connectivity index (χ0) is 8.08. The number of hydrogen-bond donors (Lipinski definition) is 4. The van der Waals surface area contributed by atoms with Crippen LogP contribution < -0.4 is 0 Å². The third-order valence-electron chi connectivity index (χ3n) is 0. The molecule has 0 fully saturated rings. The first kappa shape index (κ1) is 11.6. The Kier molecular flexibility index (Phi) is 6.03. The van der Waals surface area contributed by atoms with E-state index < -0.39 is 20.3 Å². The third-order valence-corrected chi connectivity index (χ3v) is 0. The van der Waals surface area contributed by atoms with Crippen molar-refractivity contribution < 1.29 is 43.7 Å². The zero-order valence-electron chi connectivity index (χ0n) is 3.97. The summed E-state index contributed by atoms with van der Waals surface area (Å²) < 4.78 is 33.1. The third kappa shape index (κ3) is 8610. The molecule has 0 heterocycles. The SMILES string of the molecule is OB(O)O.[O]=[Mn](=[O])(=[O])[OH]. The van der Waals surface area contributed by atoms with Gasteiger partial charge in [-0.25, -0.2) is 0 Å². The molecule has 9 heteroatoms. The first-order chi connectivity index (χ1) is 3.73. The molecule has 0 saturated heterocycles. The van der Waals surface area contributed by atoms with E-state index in [-0.39, 0.29) is 0 Å². The van der Waals surface area contributed by atoms with Crippen LogP contribution in [0, 0.1) is 0 Å². The first-order valence-electron chi connectivity index (χ1n) is 1.41. The van der Waals surface area contributed by atoms with Crippen LogP contribution in [0.2, 0.25) is 0 Å². The molecule has 0 saturated carbocycles. The van der Waals surface area contributed by atoms with E-state index in [1.165, 1.54) is 0 Å². The molecule has 0 aliphatic carbocycles. The molecule has 0 bridgehead atoms. The Bertz CT molecular complexity index is 161. The topological polar surface area (TPSA) is 132 Å². The molecular formula is H4BMnO7.